The van der Waals surface area contributed by atoms with Crippen LogP contribution in [-0.2, 0) is 0 Å². The van der Waals surface area contributed by atoms with E-state index in [1.807, 2.05) is 32.9 Å². The van der Waals surface area contributed by atoms with E-state index in [2.05, 4.69) is 5.18 Å². The third kappa shape index (κ3) is 3.01. The van der Waals surface area contributed by atoms with Crippen molar-refractivity contribution in [2.24, 2.45) is 11.1 Å². The Balaban J connectivity index is 3.71. The van der Waals surface area contributed by atoms with Crippen molar-refractivity contribution in [3.63, 3.8) is 0 Å². The number of hydrogen-bond donors (Lipinski definition) is 0. The van der Waals surface area contributed by atoms with E-state index < -0.39 is 0 Å². The smallest absolute Gasteiger partial charge is 0.0951 e. The van der Waals surface area contributed by atoms with Crippen molar-refractivity contribution in [1.29, 1.82) is 0 Å². The summed E-state index contributed by atoms with van der Waals surface area (Å²) in [6.45, 7) is 5.73. The molecule has 0 aliphatic carbocycles. The van der Waals surface area contributed by atoms with E-state index in [9.17, 15) is 4.91 Å². The van der Waals surface area contributed by atoms with E-state index in [0.29, 0.717) is 0 Å². The SMILES string of the molecule is C/C=C/C(C)[C@H](C)N=O. The Labute approximate surface area is 55.9 Å². The zero-order chi connectivity index (χ0) is 7.28. The zero-order valence-electron chi connectivity index (χ0n) is 6.16. The maximum absolute atomic E-state index is 9.94. The van der Waals surface area contributed by atoms with Crippen LogP contribution in [0.25, 0.3) is 0 Å². The molecule has 0 aliphatic heterocycles. The van der Waals surface area contributed by atoms with Crippen molar-refractivity contribution in [1.82, 2.24) is 0 Å². The fourth-order valence-corrected chi connectivity index (χ4v) is 0.560. The lowest BCUT2D eigenvalue weighted by atomic mass is 10.0. The Morgan fingerprint density at radius 2 is 2.00 bits per heavy atom. The van der Waals surface area contributed by atoms with E-state index >= 15 is 0 Å². The summed E-state index contributed by atoms with van der Waals surface area (Å²) in [5, 5.41) is 2.91. The van der Waals surface area contributed by atoms with Crippen LogP contribution in [0.4, 0.5) is 0 Å². The van der Waals surface area contributed by atoms with Crippen molar-refractivity contribution in [3.8, 4) is 0 Å². The number of hydrogen-bond acceptors (Lipinski definition) is 2. The fraction of sp³-hybridized carbons (Fsp3) is 0.714. The van der Waals surface area contributed by atoms with Gasteiger partial charge in [-0.1, -0.05) is 24.3 Å². The number of nitroso groups, excluding NO2 is 1. The van der Waals surface area contributed by atoms with Crippen molar-refractivity contribution >= 4 is 0 Å². The molecule has 0 rings (SSSR count). The fourth-order valence-electron chi connectivity index (χ4n) is 0.560. The summed E-state index contributed by atoms with van der Waals surface area (Å²) in [7, 11) is 0. The van der Waals surface area contributed by atoms with Crippen LogP contribution in [0.15, 0.2) is 17.3 Å². The van der Waals surface area contributed by atoms with E-state index in [1.165, 1.54) is 0 Å². The van der Waals surface area contributed by atoms with Crippen LogP contribution >= 0.6 is 0 Å². The van der Waals surface area contributed by atoms with Crippen molar-refractivity contribution in [2.45, 2.75) is 26.8 Å². The molecule has 0 aromatic carbocycles. The molecule has 2 atom stereocenters. The van der Waals surface area contributed by atoms with Crippen LogP contribution in [0.2, 0.25) is 0 Å². The third-order valence-electron chi connectivity index (χ3n) is 1.42. The summed E-state index contributed by atoms with van der Waals surface area (Å²) >= 11 is 0. The van der Waals surface area contributed by atoms with Gasteiger partial charge in [-0.25, -0.2) is 0 Å². The maximum Gasteiger partial charge on any atom is 0.0951 e. The van der Waals surface area contributed by atoms with Crippen LogP contribution in [0.3, 0.4) is 0 Å². The predicted octanol–water partition coefficient (Wildman–Crippen LogP) is 2.35. The van der Waals surface area contributed by atoms with Gasteiger partial charge >= 0.3 is 0 Å². The van der Waals surface area contributed by atoms with Gasteiger partial charge in [0.1, 0.15) is 0 Å². The molecule has 0 aliphatic rings. The maximum atomic E-state index is 9.94. The molecule has 0 amide bonds. The monoisotopic (exact) mass is 127 g/mol. The molecular weight excluding hydrogens is 114 g/mol. The molecule has 0 aromatic heterocycles. The van der Waals surface area contributed by atoms with Gasteiger partial charge in [-0.2, -0.15) is 4.91 Å². The minimum absolute atomic E-state index is 0.0961. The van der Waals surface area contributed by atoms with Crippen molar-refractivity contribution in [2.75, 3.05) is 0 Å². The molecule has 0 N–H and O–H groups in total. The zero-order valence-corrected chi connectivity index (χ0v) is 6.16. The van der Waals surface area contributed by atoms with E-state index in [-0.39, 0.29) is 12.0 Å². The minimum Gasteiger partial charge on any atom is -0.151 e. The van der Waals surface area contributed by atoms with Gasteiger partial charge < -0.3 is 0 Å². The van der Waals surface area contributed by atoms with E-state index in [4.69, 9.17) is 0 Å². The highest BCUT2D eigenvalue weighted by molar-refractivity contribution is 4.88. The Hall–Kier alpha value is -0.660. The Bertz CT molecular complexity index is 109. The molecule has 2 heteroatoms. The second-order valence-electron chi connectivity index (χ2n) is 2.23. The first-order valence-corrected chi connectivity index (χ1v) is 3.17. The average molecular weight is 127 g/mol. The molecule has 2 nitrogen and oxygen atoms in total. The predicted molar refractivity (Wildman–Crippen MR) is 39.2 cm³/mol. The highest BCUT2D eigenvalue weighted by Gasteiger charge is 2.06. The Morgan fingerprint density at radius 3 is 2.33 bits per heavy atom. The number of nitrogens with zero attached hydrogens (tertiary/aromatic N) is 1. The lowest BCUT2D eigenvalue weighted by Crippen LogP contribution is -2.06. The van der Waals surface area contributed by atoms with Crippen LogP contribution < -0.4 is 0 Å². The quantitative estimate of drug-likeness (QED) is 0.422. The van der Waals surface area contributed by atoms with Gasteiger partial charge in [-0.15, -0.1) is 0 Å². The minimum atomic E-state index is -0.0961. The lowest BCUT2D eigenvalue weighted by molar-refractivity contribution is 0.580. The topological polar surface area (TPSA) is 29.4 Å². The number of rotatable bonds is 3. The van der Waals surface area contributed by atoms with E-state index in [1.54, 1.807) is 0 Å². The summed E-state index contributed by atoms with van der Waals surface area (Å²) < 4.78 is 0. The molecule has 0 heterocycles. The second kappa shape index (κ2) is 4.24. The van der Waals surface area contributed by atoms with Gasteiger partial charge in [0, 0.05) is 0 Å². The standard InChI is InChI=1S/C7H13NO/c1-4-5-6(2)7(3)8-9/h4-7H,1-3H3/b5-4+/t6?,7-/m0/s1. The van der Waals surface area contributed by atoms with Gasteiger partial charge in [0.25, 0.3) is 0 Å². The summed E-state index contributed by atoms with van der Waals surface area (Å²) in [6.07, 6.45) is 3.92. The summed E-state index contributed by atoms with van der Waals surface area (Å²) in [6, 6.07) is -0.0961. The molecule has 0 bridgehead atoms. The molecular formula is C7H13NO. The molecule has 0 spiro atoms. The largest absolute Gasteiger partial charge is 0.151 e. The van der Waals surface area contributed by atoms with Gasteiger partial charge in [-0.05, 0) is 19.8 Å². The first-order chi connectivity index (χ1) is 4.22. The van der Waals surface area contributed by atoms with Crippen molar-refractivity contribution < 1.29 is 0 Å². The molecule has 0 fully saturated rings. The van der Waals surface area contributed by atoms with Gasteiger partial charge in [-0.3, -0.25) is 0 Å². The average Bonchev–Trinajstić information content (AvgIpc) is 1.87. The van der Waals surface area contributed by atoms with Crippen LogP contribution in [0.1, 0.15) is 20.8 Å². The lowest BCUT2D eigenvalue weighted by Gasteiger charge is -2.05. The molecule has 0 aromatic rings. The summed E-state index contributed by atoms with van der Waals surface area (Å²) in [5.74, 6) is 0.271. The third-order valence-corrected chi connectivity index (χ3v) is 1.42. The molecule has 9 heavy (non-hydrogen) atoms. The van der Waals surface area contributed by atoms with Crippen LogP contribution in [-0.4, -0.2) is 6.04 Å². The first-order valence-electron chi connectivity index (χ1n) is 3.17. The van der Waals surface area contributed by atoms with Gasteiger partial charge in [0.05, 0.1) is 6.04 Å². The highest BCUT2D eigenvalue weighted by atomic mass is 16.3. The Morgan fingerprint density at radius 1 is 1.44 bits per heavy atom. The first kappa shape index (κ1) is 8.34. The number of allylic oxidation sites excluding steroid dienone is 1. The normalized spacial score (nSPS) is 17.7. The summed E-state index contributed by atoms with van der Waals surface area (Å²) in [5.41, 5.74) is 0. The highest BCUT2D eigenvalue weighted by Crippen LogP contribution is 2.06. The van der Waals surface area contributed by atoms with Crippen LogP contribution in [0.5, 0.6) is 0 Å². The van der Waals surface area contributed by atoms with Crippen molar-refractivity contribution in [3.05, 3.63) is 17.1 Å². The van der Waals surface area contributed by atoms with Crippen LogP contribution in [0, 0.1) is 10.8 Å². The van der Waals surface area contributed by atoms with Gasteiger partial charge in [0.15, 0.2) is 0 Å². The molecule has 52 valence electrons. The molecule has 0 radical (unpaired) electrons. The molecule has 0 saturated carbocycles. The Kier molecular flexibility index (Phi) is 3.93. The van der Waals surface area contributed by atoms with E-state index in [0.717, 1.165) is 0 Å². The molecule has 1 unspecified atom stereocenters. The van der Waals surface area contributed by atoms with Gasteiger partial charge in [0.2, 0.25) is 0 Å². The summed E-state index contributed by atoms with van der Waals surface area (Å²) in [4.78, 5) is 9.94. The second-order valence-corrected chi connectivity index (χ2v) is 2.23. The molecule has 0 saturated heterocycles.